The predicted octanol–water partition coefficient (Wildman–Crippen LogP) is 3.54. The van der Waals surface area contributed by atoms with Gasteiger partial charge in [0.15, 0.2) is 6.23 Å². The van der Waals surface area contributed by atoms with Crippen molar-refractivity contribution in [2.45, 2.75) is 115 Å². The van der Waals surface area contributed by atoms with Gasteiger partial charge in [-0.2, -0.15) is 0 Å². The normalized spacial score (nSPS) is 25.0. The van der Waals surface area contributed by atoms with Crippen molar-refractivity contribution in [3.8, 4) is 0 Å². The number of rotatable bonds is 12. The van der Waals surface area contributed by atoms with Gasteiger partial charge < -0.3 is 19.7 Å². The molecule has 2 aliphatic rings. The van der Waals surface area contributed by atoms with Crippen LogP contribution in [0, 0.1) is 0 Å². The van der Waals surface area contributed by atoms with Crippen molar-refractivity contribution in [3.63, 3.8) is 0 Å². The number of aliphatic hydroxyl groups is 2. The molecule has 0 bridgehead atoms. The first-order chi connectivity index (χ1) is 17.9. The van der Waals surface area contributed by atoms with Gasteiger partial charge in [0.25, 0.3) is 5.56 Å². The minimum Gasteiger partial charge on any atom is -0.394 e. The number of fused-ring (bicyclic) bond motifs is 1. The second-order valence-corrected chi connectivity index (χ2v) is 10.6. The van der Waals surface area contributed by atoms with E-state index in [2.05, 4.69) is 31.0 Å². The highest BCUT2D eigenvalue weighted by atomic mass is 16.6. The summed E-state index contributed by atoms with van der Waals surface area (Å²) in [4.78, 5) is 26.2. The highest BCUT2D eigenvalue weighted by Gasteiger charge is 2.59. The molecular formula is C29H42N2O6. The fourth-order valence-electron chi connectivity index (χ4n) is 5.86. The van der Waals surface area contributed by atoms with Crippen LogP contribution in [0.4, 0.5) is 0 Å². The lowest BCUT2D eigenvalue weighted by molar-refractivity contribution is -0.152. The third-order valence-electron chi connectivity index (χ3n) is 7.97. The van der Waals surface area contributed by atoms with Crippen LogP contribution in [0.15, 0.2) is 34.0 Å². The summed E-state index contributed by atoms with van der Waals surface area (Å²) < 4.78 is 13.5. The van der Waals surface area contributed by atoms with Gasteiger partial charge in [-0.25, -0.2) is 4.79 Å². The average molecular weight is 515 g/mol. The van der Waals surface area contributed by atoms with Crippen molar-refractivity contribution < 1.29 is 19.7 Å². The van der Waals surface area contributed by atoms with Crippen LogP contribution in [0.5, 0.6) is 0 Å². The van der Waals surface area contributed by atoms with Crippen LogP contribution in [-0.4, -0.2) is 44.2 Å². The minimum atomic E-state index is -1.21. The molecule has 1 aromatic carbocycles. The largest absolute Gasteiger partial charge is 0.394 e. The van der Waals surface area contributed by atoms with Crippen LogP contribution in [-0.2, 0) is 35.3 Å². The molecule has 1 spiro atoms. The average Bonchev–Trinajstić information content (AvgIpc) is 3.15. The van der Waals surface area contributed by atoms with Gasteiger partial charge in [0.2, 0.25) is 0 Å². The van der Waals surface area contributed by atoms with Crippen LogP contribution >= 0.6 is 0 Å². The number of hydrogen-bond acceptors (Lipinski definition) is 6. The summed E-state index contributed by atoms with van der Waals surface area (Å²) in [6, 6.07) is 5.78. The van der Waals surface area contributed by atoms with Crippen molar-refractivity contribution in [1.29, 1.82) is 0 Å². The molecule has 0 radical (unpaired) electrons. The molecule has 204 valence electrons. The first kappa shape index (κ1) is 27.8. The Morgan fingerprint density at radius 1 is 1.05 bits per heavy atom. The molecule has 1 aromatic heterocycles. The molecule has 0 saturated carbocycles. The Hall–Kier alpha value is -2.26. The number of nitrogens with zero attached hydrogens (tertiary/aromatic N) is 1. The van der Waals surface area contributed by atoms with Crippen LogP contribution in [0.25, 0.3) is 0 Å². The second kappa shape index (κ2) is 12.5. The lowest BCUT2D eigenvalue weighted by atomic mass is 9.78. The molecule has 4 atom stereocenters. The highest BCUT2D eigenvalue weighted by molar-refractivity contribution is 5.42. The summed E-state index contributed by atoms with van der Waals surface area (Å²) in [5.74, 6) is 0. The third kappa shape index (κ3) is 5.93. The standard InChI is InChI=1S/C29H42N2O6/c1-3-5-7-9-11-20-15-21(12-10-8-6-4-2)23-17-29(36-19-22(23)16-20)24(18-32)37-27(26(29)34)31-14-13-25(33)30-28(31)35/h13-16,24,26-27,32,34H,3-12,17-19H2,1-2H3,(H,30,33,35)/t24-,26+,27-,29-/m1/s1. The quantitative estimate of drug-likeness (QED) is 0.374. The Balaban J connectivity index is 1.64. The molecule has 2 aromatic rings. The van der Waals surface area contributed by atoms with Gasteiger partial charge in [0.1, 0.15) is 17.8 Å². The summed E-state index contributed by atoms with van der Waals surface area (Å²) in [6.45, 7) is 4.38. The molecule has 1 saturated heterocycles. The Morgan fingerprint density at radius 2 is 1.78 bits per heavy atom. The Bertz CT molecular complexity index is 1160. The molecule has 3 N–H and O–H groups in total. The van der Waals surface area contributed by atoms with E-state index in [4.69, 9.17) is 9.47 Å². The van der Waals surface area contributed by atoms with E-state index in [1.54, 1.807) is 0 Å². The van der Waals surface area contributed by atoms with E-state index in [0.717, 1.165) is 35.0 Å². The first-order valence-corrected chi connectivity index (χ1v) is 14.0. The van der Waals surface area contributed by atoms with Gasteiger partial charge in [0.05, 0.1) is 13.2 Å². The zero-order chi connectivity index (χ0) is 26.4. The van der Waals surface area contributed by atoms with Gasteiger partial charge in [0, 0.05) is 18.7 Å². The van der Waals surface area contributed by atoms with Crippen molar-refractivity contribution >= 4 is 0 Å². The van der Waals surface area contributed by atoms with Crippen LogP contribution in [0.1, 0.15) is 93.7 Å². The summed E-state index contributed by atoms with van der Waals surface area (Å²) in [6.07, 6.45) is 10.1. The molecule has 2 aliphatic heterocycles. The number of ether oxygens (including phenoxy) is 2. The second-order valence-electron chi connectivity index (χ2n) is 10.6. The molecule has 0 aliphatic carbocycles. The topological polar surface area (TPSA) is 114 Å². The summed E-state index contributed by atoms with van der Waals surface area (Å²) in [5.41, 5.74) is 2.53. The molecule has 8 heteroatoms. The maximum atomic E-state index is 12.4. The van der Waals surface area contributed by atoms with Crippen LogP contribution < -0.4 is 11.2 Å². The van der Waals surface area contributed by atoms with Crippen molar-refractivity contribution in [1.82, 2.24) is 9.55 Å². The number of H-pyrrole nitrogens is 1. The van der Waals surface area contributed by atoms with E-state index < -0.39 is 35.3 Å². The highest BCUT2D eigenvalue weighted by Crippen LogP contribution is 2.45. The molecule has 8 nitrogen and oxygen atoms in total. The molecule has 1 fully saturated rings. The maximum absolute atomic E-state index is 12.4. The summed E-state index contributed by atoms with van der Waals surface area (Å²) in [5, 5.41) is 21.7. The number of hydrogen-bond donors (Lipinski definition) is 3. The molecule has 0 amide bonds. The number of nitrogens with one attached hydrogen (secondary N) is 1. The summed E-state index contributed by atoms with van der Waals surface area (Å²) >= 11 is 0. The zero-order valence-electron chi connectivity index (χ0n) is 22.2. The fraction of sp³-hybridized carbons (Fsp3) is 0.655. The molecule has 37 heavy (non-hydrogen) atoms. The zero-order valence-corrected chi connectivity index (χ0v) is 22.2. The lowest BCUT2D eigenvalue weighted by Gasteiger charge is -2.41. The fourth-order valence-corrected chi connectivity index (χ4v) is 5.86. The number of aryl methyl sites for hydroxylation is 2. The van der Waals surface area contributed by atoms with Crippen molar-refractivity contribution in [3.05, 3.63) is 67.5 Å². The van der Waals surface area contributed by atoms with Crippen molar-refractivity contribution in [2.24, 2.45) is 0 Å². The van der Waals surface area contributed by atoms with E-state index >= 15 is 0 Å². The number of benzene rings is 1. The van der Waals surface area contributed by atoms with Crippen LogP contribution in [0.3, 0.4) is 0 Å². The number of aliphatic hydroxyl groups excluding tert-OH is 2. The summed E-state index contributed by atoms with van der Waals surface area (Å²) in [7, 11) is 0. The first-order valence-electron chi connectivity index (χ1n) is 14.0. The van der Waals surface area contributed by atoms with E-state index in [-0.39, 0.29) is 6.61 Å². The molecule has 3 heterocycles. The van der Waals surface area contributed by atoms with Gasteiger partial charge in [-0.15, -0.1) is 0 Å². The van der Waals surface area contributed by atoms with Gasteiger partial charge in [-0.1, -0.05) is 64.5 Å². The Kier molecular flexibility index (Phi) is 9.40. The Morgan fingerprint density at radius 3 is 2.46 bits per heavy atom. The van der Waals surface area contributed by atoms with E-state index in [1.165, 1.54) is 68.3 Å². The molecular weight excluding hydrogens is 472 g/mol. The van der Waals surface area contributed by atoms with Gasteiger partial charge in [-0.3, -0.25) is 14.3 Å². The van der Waals surface area contributed by atoms with Crippen molar-refractivity contribution in [2.75, 3.05) is 6.61 Å². The van der Waals surface area contributed by atoms with E-state index in [0.29, 0.717) is 13.0 Å². The number of unbranched alkanes of at least 4 members (excludes halogenated alkanes) is 6. The predicted molar refractivity (Wildman–Crippen MR) is 142 cm³/mol. The molecule has 0 unspecified atom stereocenters. The smallest absolute Gasteiger partial charge is 0.330 e. The lowest BCUT2D eigenvalue weighted by Crippen LogP contribution is -2.55. The van der Waals surface area contributed by atoms with E-state index in [1.807, 2.05) is 0 Å². The third-order valence-corrected chi connectivity index (χ3v) is 7.97. The minimum absolute atomic E-state index is 0.310. The maximum Gasteiger partial charge on any atom is 0.330 e. The van der Waals surface area contributed by atoms with Crippen LogP contribution in [0.2, 0.25) is 0 Å². The van der Waals surface area contributed by atoms with E-state index in [9.17, 15) is 19.8 Å². The SMILES string of the molecule is CCCCCCc1cc(CCCCCC)c2c(c1)CO[C@]1(C2)[C@@H](CO)O[C@@H](n2ccc(=O)[nH]c2=O)[C@@H]1O. The number of aromatic nitrogens is 2. The molecule has 4 rings (SSSR count). The van der Waals surface area contributed by atoms with Gasteiger partial charge in [-0.05, 0) is 47.9 Å². The van der Waals surface area contributed by atoms with Gasteiger partial charge >= 0.3 is 5.69 Å². The Labute approximate surface area is 218 Å². The monoisotopic (exact) mass is 514 g/mol. The number of aromatic amines is 1.